The molecule has 0 spiro atoms. The van der Waals surface area contributed by atoms with Crippen molar-refractivity contribution in [2.24, 2.45) is 0 Å². The van der Waals surface area contributed by atoms with Gasteiger partial charge in [0.2, 0.25) is 5.91 Å². The molecule has 0 saturated heterocycles. The zero-order valence-electron chi connectivity index (χ0n) is 15.7. The van der Waals surface area contributed by atoms with Crippen LogP contribution in [-0.4, -0.2) is 27.3 Å². The summed E-state index contributed by atoms with van der Waals surface area (Å²) >= 11 is 1.32. The second-order valence-corrected chi connectivity index (χ2v) is 8.05. The van der Waals surface area contributed by atoms with Crippen LogP contribution in [0.3, 0.4) is 0 Å². The lowest BCUT2D eigenvalue weighted by Gasteiger charge is -2.22. The van der Waals surface area contributed by atoms with Gasteiger partial charge in [0.15, 0.2) is 5.16 Å². The molecule has 0 fully saturated rings. The summed E-state index contributed by atoms with van der Waals surface area (Å²) in [5, 5.41) is 0.744. The third kappa shape index (κ3) is 3.24. The van der Waals surface area contributed by atoms with Crippen LogP contribution in [-0.2, 0) is 17.8 Å². The number of benzene rings is 2. The number of anilines is 1. The Kier molecular flexibility index (Phi) is 5.05. The van der Waals surface area contributed by atoms with E-state index < -0.39 is 0 Å². The van der Waals surface area contributed by atoms with Crippen LogP contribution in [0, 0.1) is 0 Å². The Morgan fingerprint density at radius 1 is 1.25 bits per heavy atom. The van der Waals surface area contributed by atoms with E-state index in [1.165, 1.54) is 17.3 Å². The van der Waals surface area contributed by atoms with E-state index in [9.17, 15) is 9.59 Å². The molecule has 1 amide bonds. The Morgan fingerprint density at radius 2 is 2.00 bits per heavy atom. The molecule has 1 aliphatic rings. The zero-order valence-corrected chi connectivity index (χ0v) is 16.5. The van der Waals surface area contributed by atoms with Crippen LogP contribution in [0.15, 0.2) is 71.1 Å². The second-order valence-electron chi connectivity index (χ2n) is 6.74. The predicted molar refractivity (Wildman–Crippen MR) is 114 cm³/mol. The summed E-state index contributed by atoms with van der Waals surface area (Å²) < 4.78 is 1.59. The molecule has 0 N–H and O–H groups in total. The third-order valence-corrected chi connectivity index (χ3v) is 6.00. The number of fused-ring (bicyclic) bond motifs is 2. The molecule has 2 aromatic carbocycles. The molecule has 5 nitrogen and oxygen atoms in total. The maximum Gasteiger partial charge on any atom is 0.262 e. The SMILES string of the molecule is C=CCn1c(S[C@@H](C)C(=O)N2CCc3ccccc32)nc2ccccc2c1=O. The normalized spacial score (nSPS) is 14.1. The highest BCUT2D eigenvalue weighted by molar-refractivity contribution is 8.00. The lowest BCUT2D eigenvalue weighted by molar-refractivity contribution is -0.117. The van der Waals surface area contributed by atoms with Crippen LogP contribution >= 0.6 is 11.8 Å². The molecule has 1 aromatic heterocycles. The molecule has 3 aromatic rings. The van der Waals surface area contributed by atoms with Gasteiger partial charge in [0, 0.05) is 18.8 Å². The first-order valence-corrected chi connectivity index (χ1v) is 10.1. The molecule has 0 radical (unpaired) electrons. The molecule has 142 valence electrons. The number of amides is 1. The van der Waals surface area contributed by atoms with Crippen molar-refractivity contribution in [2.75, 3.05) is 11.4 Å². The topological polar surface area (TPSA) is 55.2 Å². The largest absolute Gasteiger partial charge is 0.311 e. The summed E-state index contributed by atoms with van der Waals surface area (Å²) in [4.78, 5) is 32.5. The van der Waals surface area contributed by atoms with E-state index in [-0.39, 0.29) is 16.7 Å². The van der Waals surface area contributed by atoms with Crippen molar-refractivity contribution in [1.82, 2.24) is 9.55 Å². The van der Waals surface area contributed by atoms with Gasteiger partial charge < -0.3 is 4.90 Å². The minimum Gasteiger partial charge on any atom is -0.311 e. The van der Waals surface area contributed by atoms with E-state index in [2.05, 4.69) is 17.6 Å². The Bertz CT molecular complexity index is 1120. The van der Waals surface area contributed by atoms with Crippen LogP contribution < -0.4 is 10.5 Å². The number of thioether (sulfide) groups is 1. The quantitative estimate of drug-likeness (QED) is 0.378. The number of hydrogen-bond donors (Lipinski definition) is 0. The first-order chi connectivity index (χ1) is 13.6. The number of rotatable bonds is 5. The molecule has 0 unspecified atom stereocenters. The molecular formula is C22H21N3O2S. The summed E-state index contributed by atoms with van der Waals surface area (Å²) in [7, 11) is 0. The monoisotopic (exact) mass is 391 g/mol. The standard InChI is InChI=1S/C22H21N3O2S/c1-3-13-25-21(27)17-9-5-6-10-18(17)23-22(25)28-15(2)20(26)24-14-12-16-8-4-7-11-19(16)24/h3-11,15H,1,12-14H2,2H3/t15-/m0/s1. The van der Waals surface area contributed by atoms with E-state index in [0.717, 1.165) is 12.1 Å². The first kappa shape index (κ1) is 18.5. The lowest BCUT2D eigenvalue weighted by atomic mass is 10.2. The Hall–Kier alpha value is -2.86. The van der Waals surface area contributed by atoms with Gasteiger partial charge in [0.05, 0.1) is 16.2 Å². The van der Waals surface area contributed by atoms with Crippen molar-refractivity contribution in [2.45, 2.75) is 30.3 Å². The number of aromatic nitrogens is 2. The van der Waals surface area contributed by atoms with Crippen molar-refractivity contribution in [3.8, 4) is 0 Å². The highest BCUT2D eigenvalue weighted by Crippen LogP contribution is 2.31. The highest BCUT2D eigenvalue weighted by Gasteiger charge is 2.29. The van der Waals surface area contributed by atoms with Crippen LogP contribution in [0.2, 0.25) is 0 Å². The predicted octanol–water partition coefficient (Wildman–Crippen LogP) is 3.65. The van der Waals surface area contributed by atoms with Gasteiger partial charge in [0.1, 0.15) is 0 Å². The molecule has 1 aliphatic heterocycles. The maximum atomic E-state index is 13.1. The van der Waals surface area contributed by atoms with E-state index in [1.54, 1.807) is 16.7 Å². The molecule has 1 atom stereocenters. The minimum absolute atomic E-state index is 0.0301. The van der Waals surface area contributed by atoms with Crippen molar-refractivity contribution >= 4 is 34.3 Å². The fourth-order valence-corrected chi connectivity index (χ4v) is 4.50. The molecular weight excluding hydrogens is 370 g/mol. The van der Waals surface area contributed by atoms with Gasteiger partial charge in [-0.25, -0.2) is 4.98 Å². The van der Waals surface area contributed by atoms with Gasteiger partial charge in [-0.3, -0.25) is 14.2 Å². The van der Waals surface area contributed by atoms with Crippen LogP contribution in [0.1, 0.15) is 12.5 Å². The van der Waals surface area contributed by atoms with Crippen LogP contribution in [0.5, 0.6) is 0 Å². The molecule has 0 bridgehead atoms. The van der Waals surface area contributed by atoms with Crippen molar-refractivity contribution in [1.29, 1.82) is 0 Å². The molecule has 0 saturated carbocycles. The molecule has 4 rings (SSSR count). The van der Waals surface area contributed by atoms with Crippen molar-refractivity contribution in [3.05, 3.63) is 77.1 Å². The van der Waals surface area contributed by atoms with Gasteiger partial charge in [-0.1, -0.05) is 48.2 Å². The molecule has 6 heteroatoms. The Labute approximate surface area is 167 Å². The van der Waals surface area contributed by atoms with Crippen molar-refractivity contribution < 1.29 is 4.79 Å². The van der Waals surface area contributed by atoms with E-state index in [4.69, 9.17) is 0 Å². The average molecular weight is 391 g/mol. The van der Waals surface area contributed by atoms with Gasteiger partial charge in [-0.05, 0) is 37.1 Å². The Balaban J connectivity index is 1.66. The lowest BCUT2D eigenvalue weighted by Crippen LogP contribution is -2.35. The number of carbonyl (C=O) groups is 1. The van der Waals surface area contributed by atoms with E-state index in [0.29, 0.717) is 29.1 Å². The Morgan fingerprint density at radius 3 is 2.82 bits per heavy atom. The van der Waals surface area contributed by atoms with E-state index >= 15 is 0 Å². The minimum atomic E-state index is -0.365. The fourth-order valence-electron chi connectivity index (χ4n) is 3.52. The average Bonchev–Trinajstić information content (AvgIpc) is 3.14. The number of para-hydroxylation sites is 2. The molecule has 0 aliphatic carbocycles. The number of nitrogens with zero attached hydrogens (tertiary/aromatic N) is 3. The smallest absolute Gasteiger partial charge is 0.262 e. The number of carbonyl (C=O) groups excluding carboxylic acids is 1. The maximum absolute atomic E-state index is 13.1. The summed E-state index contributed by atoms with van der Waals surface area (Å²) in [5.74, 6) is 0.0301. The second kappa shape index (κ2) is 7.64. The molecule has 28 heavy (non-hydrogen) atoms. The highest BCUT2D eigenvalue weighted by atomic mass is 32.2. The van der Waals surface area contributed by atoms with Gasteiger partial charge in [-0.15, -0.1) is 6.58 Å². The van der Waals surface area contributed by atoms with Crippen LogP contribution in [0.4, 0.5) is 5.69 Å². The van der Waals surface area contributed by atoms with Gasteiger partial charge in [-0.2, -0.15) is 0 Å². The van der Waals surface area contributed by atoms with E-state index in [1.807, 2.05) is 48.2 Å². The number of hydrogen-bond acceptors (Lipinski definition) is 4. The third-order valence-electron chi connectivity index (χ3n) is 4.92. The summed E-state index contributed by atoms with van der Waals surface area (Å²) in [5.41, 5.74) is 2.70. The fraction of sp³-hybridized carbons (Fsp3) is 0.227. The van der Waals surface area contributed by atoms with Crippen LogP contribution in [0.25, 0.3) is 10.9 Å². The van der Waals surface area contributed by atoms with Crippen molar-refractivity contribution in [3.63, 3.8) is 0 Å². The zero-order chi connectivity index (χ0) is 19.7. The summed E-state index contributed by atoms with van der Waals surface area (Å²) in [6, 6.07) is 15.3. The van der Waals surface area contributed by atoms with Gasteiger partial charge in [0.25, 0.3) is 5.56 Å². The number of allylic oxidation sites excluding steroid dienone is 1. The summed E-state index contributed by atoms with van der Waals surface area (Å²) in [6.45, 7) is 6.66. The summed E-state index contributed by atoms with van der Waals surface area (Å²) in [6.07, 6.45) is 2.54. The van der Waals surface area contributed by atoms with Gasteiger partial charge >= 0.3 is 0 Å². The molecule has 2 heterocycles. The first-order valence-electron chi connectivity index (χ1n) is 9.26.